The van der Waals surface area contributed by atoms with E-state index in [1.165, 1.54) is 238 Å². The molecule has 1 heterocycles. The van der Waals surface area contributed by atoms with Crippen LogP contribution in [0.15, 0.2) is 0 Å². The fraction of sp³-hybridized carbons (Fsp3) is 0.0909. The summed E-state index contributed by atoms with van der Waals surface area (Å²) in [6, 6.07) is -1.68. The molecule has 2 atom stereocenters. The molecule has 0 saturated carbocycles. The molecule has 5 aliphatic rings. The first-order valence-corrected chi connectivity index (χ1v) is 25.9. The van der Waals surface area contributed by atoms with Gasteiger partial charge in [0.2, 0.25) is 0 Å². The first-order chi connectivity index (χ1) is 35.2. The molecule has 0 bridgehead atoms. The number of hydrogen-bond acceptors (Lipinski definition) is 5. The highest BCUT2D eigenvalue weighted by molar-refractivity contribution is 6.82. The summed E-state index contributed by atoms with van der Waals surface area (Å²) >= 11 is 0. The summed E-state index contributed by atoms with van der Waals surface area (Å²) in [6.07, 6.45) is 0. The van der Waals surface area contributed by atoms with E-state index in [4.69, 9.17) is 9.47 Å². The SMILES string of the molecule is COC(=O)[C@H]1N[C@H](C(=O)OC)C23c4c5c6c7c8c9c(c%10c%11c2c2c4c4c%12c5c5c6c6c8c8c%13c9c9c%10c%10c%11c%11c2c2c4c4c%12c%12c5c5c6c8c6c8c%13c9c9c%10c%10c%11c2c2c4c4c%12c5c6c5c8c9c%10c2c45)C713. The maximum atomic E-state index is 15.8. The van der Waals surface area contributed by atoms with E-state index in [0.29, 0.717) is 0 Å². The van der Waals surface area contributed by atoms with Gasteiger partial charge in [-0.25, -0.2) is 0 Å². The van der Waals surface area contributed by atoms with Gasteiger partial charge in [-0.2, -0.15) is 0 Å². The molecule has 5 nitrogen and oxygen atoms in total. The molecule has 2 spiro atoms. The van der Waals surface area contributed by atoms with E-state index >= 15 is 9.59 Å². The van der Waals surface area contributed by atoms with Gasteiger partial charge in [-0.1, -0.05) is 0 Å². The molecule has 33 rings (SSSR count). The van der Waals surface area contributed by atoms with Crippen molar-refractivity contribution < 1.29 is 19.1 Å². The summed E-state index contributed by atoms with van der Waals surface area (Å²) in [4.78, 5) is 31.5. The lowest BCUT2D eigenvalue weighted by Gasteiger charge is -2.52. The Morgan fingerprint density at radius 2 is 0.352 bits per heavy atom. The number of esters is 2. The largest absolute Gasteiger partial charge is 0.468 e. The third kappa shape index (κ3) is 1.40. The standard InChI is InChI=1S/C66H9NO4/c1-70-63(68)61-65-57-49-41-31-21-13-5-3-4-7-11-9(5)17-25-19(11)29-23-15(7)16-8(4)12-10-6(3)14(13)22-28-18(10)26-20(12)30-24(16)34-33(23)43-37(29)47-39(25)45(35(41)27(17)21)53(57)55(47)59-51(43)52-44(34)38(30)48-40(26)46-36(28)42(32(22)31)50(49)58(65)54(46)56(48)60(52)66(59,65)62(67-61)64(69)71-2/h61-62,67H,1-2H3/t61-,62-,65?,66?/m1/s1. The van der Waals surface area contributed by atoms with Gasteiger partial charge in [0.15, 0.2) is 0 Å². The topological polar surface area (TPSA) is 64.6 Å². The highest BCUT2D eigenvalue weighted by atomic mass is 16.5. The van der Waals surface area contributed by atoms with Crippen molar-refractivity contribution in [3.05, 3.63) is 22.3 Å². The number of hydrogen-bond donors (Lipinski definition) is 1. The van der Waals surface area contributed by atoms with Crippen LogP contribution in [0.25, 0.3) is 291 Å². The number of methoxy groups -OCH3 is 2. The lowest BCUT2D eigenvalue weighted by atomic mass is 9.46. The van der Waals surface area contributed by atoms with E-state index in [1.54, 1.807) is 89.6 Å². The quantitative estimate of drug-likeness (QED) is 0.138. The zero-order chi connectivity index (χ0) is 42.9. The summed E-state index contributed by atoms with van der Waals surface area (Å²) < 4.78 is 12.4. The second kappa shape index (κ2) is 6.04. The maximum absolute atomic E-state index is 15.8. The predicted molar refractivity (Wildman–Crippen MR) is 289 cm³/mol. The molecule has 1 fully saturated rings. The highest BCUT2D eigenvalue weighted by Gasteiger charge is 2.80. The Bertz CT molecular complexity index is 6710. The van der Waals surface area contributed by atoms with E-state index < -0.39 is 22.9 Å². The molecular weight excluding hydrogens is 871 g/mol. The van der Waals surface area contributed by atoms with Crippen LogP contribution in [0.1, 0.15) is 22.3 Å². The van der Waals surface area contributed by atoms with Crippen molar-refractivity contribution in [3.63, 3.8) is 0 Å². The van der Waals surface area contributed by atoms with Gasteiger partial charge < -0.3 is 9.47 Å². The van der Waals surface area contributed by atoms with Crippen molar-refractivity contribution in [2.45, 2.75) is 22.9 Å². The molecule has 0 aromatic heterocycles. The number of ether oxygens (including phenoxy) is 2. The van der Waals surface area contributed by atoms with Crippen LogP contribution in [0, 0.1) is 0 Å². The summed E-state index contributed by atoms with van der Waals surface area (Å²) in [5, 5.41) is 84.6. The first-order valence-electron chi connectivity index (χ1n) is 25.9. The first kappa shape index (κ1) is 26.9. The van der Waals surface area contributed by atoms with E-state index in [1.807, 2.05) is 0 Å². The molecule has 4 aliphatic carbocycles. The average Bonchev–Trinajstić information content (AvgIpc) is 4.35. The highest BCUT2D eigenvalue weighted by Crippen LogP contribution is 2.86. The Labute approximate surface area is 384 Å². The van der Waals surface area contributed by atoms with Crippen LogP contribution in [0.2, 0.25) is 0 Å². The van der Waals surface area contributed by atoms with Gasteiger partial charge in [-0.3, -0.25) is 14.9 Å². The van der Waals surface area contributed by atoms with Crippen LogP contribution in [-0.4, -0.2) is 38.2 Å². The van der Waals surface area contributed by atoms with Gasteiger partial charge in [0.1, 0.15) is 12.1 Å². The van der Waals surface area contributed by atoms with Crippen molar-refractivity contribution in [2.75, 3.05) is 14.2 Å². The summed E-state index contributed by atoms with van der Waals surface area (Å²) in [7, 11) is 3.15. The zero-order valence-electron chi connectivity index (χ0n) is 36.3. The third-order valence-corrected chi connectivity index (χ3v) is 25.5. The van der Waals surface area contributed by atoms with Crippen LogP contribution in [0.3, 0.4) is 0 Å². The van der Waals surface area contributed by atoms with E-state index in [9.17, 15) is 0 Å². The fourth-order valence-corrected chi connectivity index (χ4v) is 25.5. The summed E-state index contributed by atoms with van der Waals surface area (Å²) in [6.45, 7) is 0. The summed E-state index contributed by atoms with van der Waals surface area (Å²) in [5.41, 5.74) is 3.29. The normalized spacial score (nSPS) is 24.4. The minimum atomic E-state index is -0.996. The molecule has 1 saturated heterocycles. The lowest BCUT2D eigenvalue weighted by molar-refractivity contribution is -0.144. The van der Waals surface area contributed by atoms with Crippen molar-refractivity contribution in [3.8, 4) is 0 Å². The van der Waals surface area contributed by atoms with Crippen LogP contribution in [0.4, 0.5) is 0 Å². The second-order valence-electron chi connectivity index (χ2n) is 25.4. The van der Waals surface area contributed by atoms with Gasteiger partial charge in [0.05, 0.1) is 25.0 Å². The van der Waals surface area contributed by atoms with Crippen LogP contribution < -0.4 is 5.32 Å². The Kier molecular flexibility index (Phi) is 2.29. The van der Waals surface area contributed by atoms with Crippen molar-refractivity contribution in [1.29, 1.82) is 0 Å². The number of benzene rings is 18. The molecule has 28 aromatic carbocycles. The van der Waals surface area contributed by atoms with Gasteiger partial charge in [-0.15, -0.1) is 0 Å². The van der Waals surface area contributed by atoms with Crippen molar-refractivity contribution in [2.24, 2.45) is 0 Å². The maximum Gasteiger partial charge on any atom is 0.324 e. The van der Waals surface area contributed by atoms with Gasteiger partial charge in [0, 0.05) is 0 Å². The second-order valence-corrected chi connectivity index (χ2v) is 25.4. The average molecular weight is 880 g/mol. The Balaban J connectivity index is 1.20. The number of rotatable bonds is 2. The molecule has 5 heteroatoms. The minimum Gasteiger partial charge on any atom is -0.468 e. The molecule has 71 heavy (non-hydrogen) atoms. The van der Waals surface area contributed by atoms with Gasteiger partial charge in [0.25, 0.3) is 0 Å². The number of carbonyl (C=O) groups is 2. The molecule has 302 valence electrons. The lowest BCUT2D eigenvalue weighted by Crippen LogP contribution is -2.59. The summed E-state index contributed by atoms with van der Waals surface area (Å²) in [5.74, 6) is -0.568. The van der Waals surface area contributed by atoms with E-state index in [-0.39, 0.29) is 11.9 Å². The van der Waals surface area contributed by atoms with E-state index in [0.717, 1.165) is 0 Å². The van der Waals surface area contributed by atoms with Crippen LogP contribution in [0.5, 0.6) is 0 Å². The Hall–Kier alpha value is -8.64. The smallest absolute Gasteiger partial charge is 0.324 e. The fourth-order valence-electron chi connectivity index (χ4n) is 25.5. The monoisotopic (exact) mass is 879 g/mol. The molecule has 1 N–H and O–H groups in total. The van der Waals surface area contributed by atoms with E-state index in [2.05, 4.69) is 5.32 Å². The molecule has 0 amide bonds. The Morgan fingerprint density at radius 1 is 0.239 bits per heavy atom. The van der Waals surface area contributed by atoms with Crippen LogP contribution in [-0.2, 0) is 29.9 Å². The predicted octanol–water partition coefficient (Wildman–Crippen LogP) is 15.0. The van der Waals surface area contributed by atoms with Crippen molar-refractivity contribution in [1.82, 2.24) is 5.32 Å². The van der Waals surface area contributed by atoms with Crippen LogP contribution >= 0.6 is 0 Å². The molecule has 28 aromatic rings. The Morgan fingerprint density at radius 3 is 0.465 bits per heavy atom. The van der Waals surface area contributed by atoms with Gasteiger partial charge >= 0.3 is 11.9 Å². The van der Waals surface area contributed by atoms with Gasteiger partial charge in [-0.05, 0) is 313 Å². The zero-order valence-corrected chi connectivity index (χ0v) is 36.3. The molecule has 1 aliphatic heterocycles. The molecular formula is C66H9NO4. The number of nitrogens with one attached hydrogen (secondary N) is 1. The molecule has 0 unspecified atom stereocenters. The minimum absolute atomic E-state index is 0.284. The third-order valence-electron chi connectivity index (χ3n) is 25.5. The number of carbonyl (C=O) groups excluding carboxylic acids is 2. The molecule has 0 radical (unpaired) electrons. The van der Waals surface area contributed by atoms with Crippen molar-refractivity contribution >= 4 is 303 Å².